The van der Waals surface area contributed by atoms with Crippen molar-refractivity contribution in [2.45, 2.75) is 25.4 Å². The number of anilines is 3. The van der Waals surface area contributed by atoms with Gasteiger partial charge in [0.2, 0.25) is 5.95 Å². The minimum atomic E-state index is -1.39. The summed E-state index contributed by atoms with van der Waals surface area (Å²) in [5.74, 6) is -3.27. The number of benzene rings is 1. The average Bonchev–Trinajstić information content (AvgIpc) is 2.75. The minimum absolute atomic E-state index is 0. The van der Waals surface area contributed by atoms with Crippen LogP contribution in [-0.4, -0.2) is 54.0 Å². The summed E-state index contributed by atoms with van der Waals surface area (Å²) in [6, 6.07) is 1.20. The molecule has 0 aliphatic carbocycles. The Morgan fingerprint density at radius 1 is 1.06 bits per heavy atom. The van der Waals surface area contributed by atoms with Crippen LogP contribution in [0, 0.1) is 0 Å². The Kier molecular flexibility index (Phi) is 8.88. The van der Waals surface area contributed by atoms with Crippen LogP contribution in [-0.2, 0) is 16.1 Å². The molecule has 0 saturated carbocycles. The highest BCUT2D eigenvalue weighted by molar-refractivity contribution is 6.39. The molecule has 11 N–H and O–H groups in total. The van der Waals surface area contributed by atoms with Crippen molar-refractivity contribution in [1.82, 2.24) is 31.4 Å². The SMILES string of the molecule is N.Nc1nc(N)c2nc(CNc3c(Cl)cc(C(=O)NC(CCC(=O)O)C(=O)O)cc3Cl)cnc2n1. The highest BCUT2D eigenvalue weighted by Crippen LogP contribution is 2.32. The van der Waals surface area contributed by atoms with Crippen LogP contribution in [0.4, 0.5) is 17.5 Å². The number of fused-ring (bicyclic) bond motifs is 1. The number of carboxylic acids is 2. The van der Waals surface area contributed by atoms with Gasteiger partial charge in [-0.15, -0.1) is 0 Å². The van der Waals surface area contributed by atoms with E-state index in [1.165, 1.54) is 18.3 Å². The van der Waals surface area contributed by atoms with Gasteiger partial charge in [0.25, 0.3) is 5.91 Å². The van der Waals surface area contributed by atoms with E-state index < -0.39 is 30.3 Å². The van der Waals surface area contributed by atoms with Crippen molar-refractivity contribution in [3.63, 3.8) is 0 Å². The number of amides is 1. The Bertz CT molecular complexity index is 1270. The number of aliphatic carboxylic acids is 2. The van der Waals surface area contributed by atoms with Gasteiger partial charge < -0.3 is 38.5 Å². The molecule has 1 amide bonds. The summed E-state index contributed by atoms with van der Waals surface area (Å²) in [6.07, 6.45) is 0.741. The smallest absolute Gasteiger partial charge is 0.326 e. The van der Waals surface area contributed by atoms with E-state index in [-0.39, 0.29) is 57.7 Å². The highest BCUT2D eigenvalue weighted by atomic mass is 35.5. The number of carbonyl (C=O) groups excluding carboxylic acids is 1. The number of halogens is 2. The van der Waals surface area contributed by atoms with Gasteiger partial charge in [-0.25, -0.2) is 14.8 Å². The Morgan fingerprint density at radius 2 is 1.71 bits per heavy atom. The second-order valence-electron chi connectivity index (χ2n) is 6.97. The first-order valence-electron chi connectivity index (χ1n) is 9.58. The van der Waals surface area contributed by atoms with Crippen LogP contribution in [0.1, 0.15) is 28.9 Å². The number of hydrogen-bond donors (Lipinski definition) is 7. The van der Waals surface area contributed by atoms with E-state index >= 15 is 0 Å². The fourth-order valence-corrected chi connectivity index (χ4v) is 3.51. The molecule has 0 spiro atoms. The molecular formula is C19H21Cl2N9O5. The normalized spacial score (nSPS) is 11.4. The van der Waals surface area contributed by atoms with Gasteiger partial charge in [0.05, 0.1) is 34.2 Å². The van der Waals surface area contributed by atoms with Gasteiger partial charge in [-0.2, -0.15) is 9.97 Å². The molecule has 186 valence electrons. The summed E-state index contributed by atoms with van der Waals surface area (Å²) in [6.45, 7) is 0.133. The molecule has 0 fully saturated rings. The summed E-state index contributed by atoms with van der Waals surface area (Å²) < 4.78 is 0. The first-order chi connectivity index (χ1) is 16.0. The average molecular weight is 526 g/mol. The second kappa shape index (κ2) is 11.4. The third-order valence-corrected chi connectivity index (χ3v) is 5.10. The number of carboxylic acid groups (broad SMARTS) is 2. The third-order valence-electron chi connectivity index (χ3n) is 4.50. The molecule has 0 aliphatic rings. The van der Waals surface area contributed by atoms with Crippen LogP contribution in [0.5, 0.6) is 0 Å². The summed E-state index contributed by atoms with van der Waals surface area (Å²) in [7, 11) is 0. The van der Waals surface area contributed by atoms with Crippen molar-refractivity contribution in [1.29, 1.82) is 0 Å². The minimum Gasteiger partial charge on any atom is -0.481 e. The molecule has 0 aliphatic heterocycles. The van der Waals surface area contributed by atoms with E-state index in [1.54, 1.807) is 0 Å². The molecule has 2 aromatic heterocycles. The number of nitrogens with one attached hydrogen (secondary N) is 2. The van der Waals surface area contributed by atoms with Gasteiger partial charge in [0.1, 0.15) is 6.04 Å². The maximum Gasteiger partial charge on any atom is 0.326 e. The monoisotopic (exact) mass is 525 g/mol. The van der Waals surface area contributed by atoms with Crippen LogP contribution in [0.2, 0.25) is 10.0 Å². The third kappa shape index (κ3) is 6.75. The zero-order chi connectivity index (χ0) is 25.0. The van der Waals surface area contributed by atoms with Crippen LogP contribution in [0.3, 0.4) is 0 Å². The molecule has 0 bridgehead atoms. The fraction of sp³-hybridized carbons (Fsp3) is 0.211. The fourth-order valence-electron chi connectivity index (χ4n) is 2.89. The predicted octanol–water partition coefficient (Wildman–Crippen LogP) is 1.71. The van der Waals surface area contributed by atoms with Crippen LogP contribution >= 0.6 is 23.2 Å². The molecule has 1 atom stereocenters. The highest BCUT2D eigenvalue weighted by Gasteiger charge is 2.23. The molecule has 2 heterocycles. The molecule has 0 radical (unpaired) electrons. The maximum absolute atomic E-state index is 12.5. The Labute approximate surface area is 207 Å². The van der Waals surface area contributed by atoms with Gasteiger partial charge in [-0.3, -0.25) is 9.59 Å². The lowest BCUT2D eigenvalue weighted by atomic mass is 10.1. The van der Waals surface area contributed by atoms with Crippen molar-refractivity contribution in [2.75, 3.05) is 16.8 Å². The lowest BCUT2D eigenvalue weighted by molar-refractivity contribution is -0.140. The molecule has 3 aromatic rings. The molecule has 1 unspecified atom stereocenters. The van der Waals surface area contributed by atoms with Crippen LogP contribution in [0.15, 0.2) is 18.3 Å². The first-order valence-corrected chi connectivity index (χ1v) is 10.3. The maximum atomic E-state index is 12.5. The Balaban J connectivity index is 0.00000432. The van der Waals surface area contributed by atoms with Gasteiger partial charge >= 0.3 is 11.9 Å². The first kappa shape index (κ1) is 27.2. The van der Waals surface area contributed by atoms with E-state index in [1.807, 2.05) is 0 Å². The van der Waals surface area contributed by atoms with Crippen molar-refractivity contribution < 1.29 is 24.6 Å². The second-order valence-corrected chi connectivity index (χ2v) is 7.78. The zero-order valence-electron chi connectivity index (χ0n) is 18.0. The quantitative estimate of drug-likeness (QED) is 0.210. The topological polar surface area (TPSA) is 254 Å². The molecule has 35 heavy (non-hydrogen) atoms. The van der Waals surface area contributed by atoms with E-state index in [0.717, 1.165) is 0 Å². The number of nitrogens with two attached hydrogens (primary N) is 2. The summed E-state index contributed by atoms with van der Waals surface area (Å²) >= 11 is 12.5. The van der Waals surface area contributed by atoms with Gasteiger partial charge in [0.15, 0.2) is 17.0 Å². The van der Waals surface area contributed by atoms with Crippen molar-refractivity contribution >= 4 is 69.7 Å². The predicted molar refractivity (Wildman–Crippen MR) is 129 cm³/mol. The van der Waals surface area contributed by atoms with E-state index in [2.05, 4.69) is 30.6 Å². The van der Waals surface area contributed by atoms with Gasteiger partial charge in [-0.05, 0) is 18.6 Å². The standard InChI is InChI=1S/C19H18Cl2N8O5.H3N/c20-9-3-7(17(32)27-11(18(33)34)1-2-12(30)31)4-10(21)13(9)24-5-8-6-25-16-14(26-8)15(22)28-19(23)29-16;/h3-4,6,11,24H,1-2,5H2,(H,27,32)(H,30,31)(H,33,34)(H4,22,23,25,28,29);1H3. The lowest BCUT2D eigenvalue weighted by Gasteiger charge is -2.15. The van der Waals surface area contributed by atoms with E-state index in [9.17, 15) is 19.5 Å². The van der Waals surface area contributed by atoms with Gasteiger partial charge in [0, 0.05) is 12.0 Å². The largest absolute Gasteiger partial charge is 0.481 e. The number of nitrogen functional groups attached to an aromatic ring is 2. The number of aromatic nitrogens is 4. The van der Waals surface area contributed by atoms with Crippen LogP contribution in [0.25, 0.3) is 11.2 Å². The molecule has 1 aromatic carbocycles. The van der Waals surface area contributed by atoms with Crippen molar-refractivity contribution in [2.24, 2.45) is 0 Å². The number of hydrogen-bond acceptors (Lipinski definition) is 11. The van der Waals surface area contributed by atoms with E-state index in [4.69, 9.17) is 39.8 Å². The Hall–Kier alpha value is -4.01. The molecular weight excluding hydrogens is 505 g/mol. The summed E-state index contributed by atoms with van der Waals surface area (Å²) in [5.41, 5.74) is 12.6. The van der Waals surface area contributed by atoms with Crippen molar-refractivity contribution in [3.8, 4) is 0 Å². The van der Waals surface area contributed by atoms with E-state index in [0.29, 0.717) is 11.4 Å². The lowest BCUT2D eigenvalue weighted by Crippen LogP contribution is -2.41. The molecule has 14 nitrogen and oxygen atoms in total. The van der Waals surface area contributed by atoms with Crippen molar-refractivity contribution in [3.05, 3.63) is 39.6 Å². The number of carbonyl (C=O) groups is 3. The number of rotatable bonds is 9. The molecule has 0 saturated heterocycles. The Morgan fingerprint density at radius 3 is 2.31 bits per heavy atom. The zero-order valence-corrected chi connectivity index (χ0v) is 19.5. The summed E-state index contributed by atoms with van der Waals surface area (Å²) in [4.78, 5) is 50.7. The molecule has 16 heteroatoms. The van der Waals surface area contributed by atoms with Crippen LogP contribution < -0.4 is 28.3 Å². The summed E-state index contributed by atoms with van der Waals surface area (Å²) in [5, 5.41) is 23.4. The number of nitrogens with zero attached hydrogens (tertiary/aromatic N) is 4. The molecule has 3 rings (SSSR count). The van der Waals surface area contributed by atoms with Gasteiger partial charge in [-0.1, -0.05) is 23.2 Å².